The molecule has 3 aromatic rings. The van der Waals surface area contributed by atoms with Gasteiger partial charge in [0.1, 0.15) is 28.1 Å². The quantitative estimate of drug-likeness (QED) is 0.540. The van der Waals surface area contributed by atoms with Gasteiger partial charge in [0.15, 0.2) is 0 Å². The van der Waals surface area contributed by atoms with E-state index in [0.29, 0.717) is 5.69 Å². The summed E-state index contributed by atoms with van der Waals surface area (Å²) in [5, 5.41) is 5.19. The number of benzene rings is 1. The van der Waals surface area contributed by atoms with E-state index < -0.39 is 16.1 Å². The van der Waals surface area contributed by atoms with Crippen LogP contribution in [0.4, 0.5) is 4.39 Å². The molecule has 2 aromatic heterocycles. The summed E-state index contributed by atoms with van der Waals surface area (Å²) in [5.74, 6) is -0.293. The van der Waals surface area contributed by atoms with Crippen LogP contribution < -0.4 is 0 Å². The minimum absolute atomic E-state index is 0.293. The van der Waals surface area contributed by atoms with Gasteiger partial charge in [0.25, 0.3) is 0 Å². The molecule has 0 spiro atoms. The molecule has 0 aliphatic rings. The van der Waals surface area contributed by atoms with Crippen molar-refractivity contribution < 1.29 is 8.94 Å². The van der Waals surface area contributed by atoms with Crippen molar-refractivity contribution in [2.75, 3.05) is 0 Å². The number of hydrogen-bond acceptors (Lipinski definition) is 4. The number of nitrogens with zero attached hydrogens (tertiary/aromatic N) is 4. The van der Waals surface area contributed by atoms with Crippen LogP contribution in [0, 0.1) is 5.82 Å². The Morgan fingerprint density at radius 2 is 1.92 bits per heavy atom. The average Bonchev–Trinajstić information content (AvgIpc) is 2.95. The van der Waals surface area contributed by atoms with Crippen LogP contribution in [0.3, 0.4) is 0 Å². The van der Waals surface area contributed by atoms with E-state index in [1.165, 1.54) is 18.3 Å². The zero-order chi connectivity index (χ0) is 17.3. The predicted molar refractivity (Wildman–Crippen MR) is 94.3 cm³/mol. The van der Waals surface area contributed by atoms with Crippen molar-refractivity contribution in [2.24, 2.45) is 4.40 Å². The largest absolute Gasteiger partial charge is 0.591 e. The molecule has 0 saturated carbocycles. The molecule has 0 aliphatic carbocycles. The first-order chi connectivity index (χ1) is 11.3. The van der Waals surface area contributed by atoms with Gasteiger partial charge in [0, 0.05) is 5.39 Å². The summed E-state index contributed by atoms with van der Waals surface area (Å²) in [7, 11) is 0. The summed E-state index contributed by atoms with van der Waals surface area (Å²) in [6, 6.07) is 7.91. The van der Waals surface area contributed by atoms with Gasteiger partial charge in [-0.1, -0.05) is 4.40 Å². The Morgan fingerprint density at radius 3 is 2.58 bits per heavy atom. The van der Waals surface area contributed by atoms with Gasteiger partial charge in [-0.3, -0.25) is 4.98 Å². The Labute approximate surface area is 142 Å². The molecule has 124 valence electrons. The second-order valence-electron chi connectivity index (χ2n) is 6.30. The van der Waals surface area contributed by atoms with Gasteiger partial charge in [0.05, 0.1) is 29.3 Å². The molecule has 0 fully saturated rings. The van der Waals surface area contributed by atoms with E-state index in [2.05, 4.69) is 14.5 Å². The standard InChI is InChI=1S/C17H17FN4OS/c1-17(2,3)24(23)21-10-14-8-12-9-20-22(16(12)11-19-14)15-6-4-13(18)5-7-15/h4-11H,1-3H3. The molecule has 0 bridgehead atoms. The molecule has 24 heavy (non-hydrogen) atoms. The van der Waals surface area contributed by atoms with Crippen LogP contribution in [0.5, 0.6) is 0 Å². The second-order valence-corrected chi connectivity index (χ2v) is 8.23. The normalized spacial score (nSPS) is 13.7. The van der Waals surface area contributed by atoms with E-state index in [1.54, 1.807) is 29.2 Å². The number of pyridine rings is 1. The molecule has 0 radical (unpaired) electrons. The van der Waals surface area contributed by atoms with E-state index in [4.69, 9.17) is 0 Å². The molecule has 1 aromatic carbocycles. The maximum atomic E-state index is 13.0. The minimum atomic E-state index is -1.33. The van der Waals surface area contributed by atoms with Crippen LogP contribution in [0.25, 0.3) is 16.6 Å². The summed E-state index contributed by atoms with van der Waals surface area (Å²) >= 11 is -1.33. The molecule has 0 saturated heterocycles. The smallest absolute Gasteiger partial charge is 0.144 e. The minimum Gasteiger partial charge on any atom is -0.591 e. The van der Waals surface area contributed by atoms with Gasteiger partial charge in [0.2, 0.25) is 0 Å². The molecule has 0 amide bonds. The summed E-state index contributed by atoms with van der Waals surface area (Å²) in [6.07, 6.45) is 4.89. The van der Waals surface area contributed by atoms with Crippen LogP contribution in [-0.4, -0.2) is 30.3 Å². The Morgan fingerprint density at radius 1 is 1.21 bits per heavy atom. The molecule has 2 heterocycles. The van der Waals surface area contributed by atoms with Gasteiger partial charge >= 0.3 is 0 Å². The lowest BCUT2D eigenvalue weighted by molar-refractivity contribution is 0.562. The lowest BCUT2D eigenvalue weighted by atomic mass is 10.2. The van der Waals surface area contributed by atoms with E-state index in [-0.39, 0.29) is 5.82 Å². The third-order valence-electron chi connectivity index (χ3n) is 3.35. The fourth-order valence-corrected chi connectivity index (χ4v) is 2.58. The van der Waals surface area contributed by atoms with Gasteiger partial charge < -0.3 is 4.55 Å². The second kappa shape index (κ2) is 6.33. The Kier molecular flexibility index (Phi) is 4.38. The number of halogens is 1. The summed E-state index contributed by atoms with van der Waals surface area (Å²) in [5.41, 5.74) is 2.16. The van der Waals surface area contributed by atoms with Gasteiger partial charge in [-0.15, -0.1) is 0 Å². The maximum Gasteiger partial charge on any atom is 0.144 e. The lowest BCUT2D eigenvalue weighted by Crippen LogP contribution is -2.25. The fraction of sp³-hybridized carbons (Fsp3) is 0.235. The number of rotatable bonds is 3. The molecule has 3 rings (SSSR count). The van der Waals surface area contributed by atoms with Crippen LogP contribution >= 0.6 is 0 Å². The first kappa shape index (κ1) is 16.6. The molecular formula is C17H17FN4OS. The highest BCUT2D eigenvalue weighted by Crippen LogP contribution is 2.19. The van der Waals surface area contributed by atoms with Gasteiger partial charge in [-0.2, -0.15) is 5.10 Å². The van der Waals surface area contributed by atoms with Crippen molar-refractivity contribution in [3.63, 3.8) is 0 Å². The monoisotopic (exact) mass is 344 g/mol. The van der Waals surface area contributed by atoms with Crippen LogP contribution in [-0.2, 0) is 11.4 Å². The Hall–Kier alpha value is -2.25. The maximum absolute atomic E-state index is 13.0. The van der Waals surface area contributed by atoms with Gasteiger partial charge in [-0.25, -0.2) is 9.07 Å². The molecular weight excluding hydrogens is 327 g/mol. The van der Waals surface area contributed by atoms with Crippen LogP contribution in [0.15, 0.2) is 47.1 Å². The third-order valence-corrected chi connectivity index (χ3v) is 4.70. The molecule has 1 atom stereocenters. The summed E-state index contributed by atoms with van der Waals surface area (Å²) in [4.78, 5) is 4.32. The van der Waals surface area contributed by atoms with Crippen LogP contribution in [0.2, 0.25) is 0 Å². The number of aromatic nitrogens is 3. The molecule has 5 nitrogen and oxygen atoms in total. The average molecular weight is 344 g/mol. The number of fused-ring (bicyclic) bond motifs is 1. The first-order valence-electron chi connectivity index (χ1n) is 7.40. The van der Waals surface area contributed by atoms with E-state index in [1.807, 2.05) is 26.8 Å². The summed E-state index contributed by atoms with van der Waals surface area (Å²) < 4.78 is 30.3. The van der Waals surface area contributed by atoms with Crippen LogP contribution in [0.1, 0.15) is 26.5 Å². The fourth-order valence-electron chi connectivity index (χ4n) is 2.06. The highest BCUT2D eigenvalue weighted by molar-refractivity contribution is 7.91. The van der Waals surface area contributed by atoms with E-state index in [0.717, 1.165) is 16.6 Å². The van der Waals surface area contributed by atoms with Crippen molar-refractivity contribution in [3.8, 4) is 5.69 Å². The third kappa shape index (κ3) is 3.47. The zero-order valence-electron chi connectivity index (χ0n) is 13.6. The van der Waals surface area contributed by atoms with Crippen molar-refractivity contribution in [1.82, 2.24) is 14.8 Å². The van der Waals surface area contributed by atoms with Crippen molar-refractivity contribution >= 4 is 28.5 Å². The highest BCUT2D eigenvalue weighted by Gasteiger charge is 2.25. The van der Waals surface area contributed by atoms with E-state index >= 15 is 0 Å². The van der Waals surface area contributed by atoms with Crippen molar-refractivity contribution in [1.29, 1.82) is 0 Å². The molecule has 0 aliphatic heterocycles. The van der Waals surface area contributed by atoms with E-state index in [9.17, 15) is 8.94 Å². The zero-order valence-corrected chi connectivity index (χ0v) is 14.4. The highest BCUT2D eigenvalue weighted by atomic mass is 32.2. The molecule has 0 N–H and O–H groups in total. The topological polar surface area (TPSA) is 66.1 Å². The first-order valence-corrected chi connectivity index (χ1v) is 8.51. The molecule has 1 unspecified atom stereocenters. The molecule has 7 heteroatoms. The summed E-state index contributed by atoms with van der Waals surface area (Å²) in [6.45, 7) is 5.59. The van der Waals surface area contributed by atoms with Gasteiger partial charge in [-0.05, 0) is 51.1 Å². The SMILES string of the molecule is CC(C)(C)[S+]([O-])N=Cc1cc2cnn(-c3ccc(F)cc3)c2cn1. The Balaban J connectivity index is 1.91. The Bertz CT molecular complexity index is 884. The van der Waals surface area contributed by atoms with Crippen molar-refractivity contribution in [3.05, 3.63) is 54.2 Å². The lowest BCUT2D eigenvalue weighted by Gasteiger charge is -2.17. The predicted octanol–water partition coefficient (Wildman–Crippen LogP) is 3.44. The number of hydrogen-bond donors (Lipinski definition) is 0. The van der Waals surface area contributed by atoms with Crippen molar-refractivity contribution in [2.45, 2.75) is 25.5 Å².